The van der Waals surface area contributed by atoms with Crippen LogP contribution in [0, 0.1) is 0 Å². The standard InChI is InChI=1S/C12H17ClN4O/c13-10-5-6-11(17-16-10)15-12(18)7-4-9-3-1-2-8-14-9/h5-6,9,14H,1-4,7-8H2,(H,15,17,18). The fourth-order valence-corrected chi connectivity index (χ4v) is 2.16. The van der Waals surface area contributed by atoms with Gasteiger partial charge in [-0.25, -0.2) is 0 Å². The molecule has 6 heteroatoms. The van der Waals surface area contributed by atoms with Gasteiger partial charge in [-0.2, -0.15) is 0 Å². The Morgan fingerprint density at radius 1 is 1.44 bits per heavy atom. The van der Waals surface area contributed by atoms with Crippen LogP contribution in [0.1, 0.15) is 32.1 Å². The van der Waals surface area contributed by atoms with Gasteiger partial charge in [0.15, 0.2) is 11.0 Å². The van der Waals surface area contributed by atoms with Crippen molar-refractivity contribution in [2.75, 3.05) is 11.9 Å². The van der Waals surface area contributed by atoms with E-state index in [-0.39, 0.29) is 5.91 Å². The molecule has 1 saturated heterocycles. The molecular formula is C12H17ClN4O. The molecule has 0 aliphatic carbocycles. The highest BCUT2D eigenvalue weighted by molar-refractivity contribution is 6.29. The van der Waals surface area contributed by atoms with Gasteiger partial charge in [0.1, 0.15) is 0 Å². The fourth-order valence-electron chi connectivity index (χ4n) is 2.06. The smallest absolute Gasteiger partial charge is 0.225 e. The molecule has 1 amide bonds. The summed E-state index contributed by atoms with van der Waals surface area (Å²) in [6, 6.07) is 3.72. The van der Waals surface area contributed by atoms with Crippen LogP contribution >= 0.6 is 11.6 Å². The summed E-state index contributed by atoms with van der Waals surface area (Å²) in [5, 5.41) is 13.9. The van der Waals surface area contributed by atoms with Crippen molar-refractivity contribution >= 4 is 23.3 Å². The van der Waals surface area contributed by atoms with Crippen molar-refractivity contribution in [3.8, 4) is 0 Å². The molecule has 2 rings (SSSR count). The molecule has 0 bridgehead atoms. The molecule has 5 nitrogen and oxygen atoms in total. The van der Waals surface area contributed by atoms with E-state index in [2.05, 4.69) is 20.8 Å². The van der Waals surface area contributed by atoms with Gasteiger partial charge in [0.25, 0.3) is 0 Å². The minimum absolute atomic E-state index is 0.0287. The average molecular weight is 269 g/mol. The zero-order chi connectivity index (χ0) is 12.8. The third-order valence-electron chi connectivity index (χ3n) is 3.03. The van der Waals surface area contributed by atoms with Gasteiger partial charge in [0.05, 0.1) is 0 Å². The molecule has 1 unspecified atom stereocenters. The Morgan fingerprint density at radius 2 is 2.33 bits per heavy atom. The fraction of sp³-hybridized carbons (Fsp3) is 0.583. The number of nitrogens with zero attached hydrogens (tertiary/aromatic N) is 2. The monoisotopic (exact) mass is 268 g/mol. The van der Waals surface area contributed by atoms with Crippen LogP contribution in [0.4, 0.5) is 5.82 Å². The lowest BCUT2D eigenvalue weighted by Crippen LogP contribution is -2.34. The van der Waals surface area contributed by atoms with Gasteiger partial charge in [-0.05, 0) is 37.9 Å². The Hall–Kier alpha value is -1.20. The molecule has 1 aromatic rings. The third-order valence-corrected chi connectivity index (χ3v) is 3.23. The van der Waals surface area contributed by atoms with Gasteiger partial charge < -0.3 is 10.6 Å². The van der Waals surface area contributed by atoms with E-state index in [1.54, 1.807) is 12.1 Å². The first kappa shape index (κ1) is 13.2. The largest absolute Gasteiger partial charge is 0.314 e. The number of nitrogens with one attached hydrogen (secondary N) is 2. The SMILES string of the molecule is O=C(CCC1CCCCN1)Nc1ccc(Cl)nn1. The number of amides is 1. The maximum Gasteiger partial charge on any atom is 0.225 e. The van der Waals surface area contributed by atoms with Gasteiger partial charge in [0.2, 0.25) is 5.91 Å². The van der Waals surface area contributed by atoms with Gasteiger partial charge in [-0.1, -0.05) is 18.0 Å². The number of anilines is 1. The summed E-state index contributed by atoms with van der Waals surface area (Å²) in [5.74, 6) is 0.417. The summed E-state index contributed by atoms with van der Waals surface area (Å²) >= 11 is 5.62. The van der Waals surface area contributed by atoms with E-state index in [0.29, 0.717) is 23.4 Å². The van der Waals surface area contributed by atoms with Gasteiger partial charge in [0, 0.05) is 12.5 Å². The summed E-state index contributed by atoms with van der Waals surface area (Å²) in [4.78, 5) is 11.7. The molecule has 0 saturated carbocycles. The second kappa shape index (κ2) is 6.66. The molecule has 2 heterocycles. The van der Waals surface area contributed by atoms with Crippen LogP contribution in [-0.2, 0) is 4.79 Å². The molecule has 1 aliphatic rings. The van der Waals surface area contributed by atoms with Crippen LogP contribution in [0.5, 0.6) is 0 Å². The Labute approximate surface area is 111 Å². The lowest BCUT2D eigenvalue weighted by molar-refractivity contribution is -0.116. The highest BCUT2D eigenvalue weighted by Crippen LogP contribution is 2.12. The van der Waals surface area contributed by atoms with Crippen molar-refractivity contribution in [1.29, 1.82) is 0 Å². The van der Waals surface area contributed by atoms with Crippen molar-refractivity contribution in [3.63, 3.8) is 0 Å². The molecule has 18 heavy (non-hydrogen) atoms. The number of halogens is 1. The molecule has 0 aromatic carbocycles. The molecule has 0 radical (unpaired) electrons. The summed E-state index contributed by atoms with van der Waals surface area (Å²) in [5.41, 5.74) is 0. The van der Waals surface area contributed by atoms with Crippen molar-refractivity contribution < 1.29 is 4.79 Å². The molecule has 0 spiro atoms. The number of carbonyl (C=O) groups excluding carboxylic acids is 1. The minimum Gasteiger partial charge on any atom is -0.314 e. The molecule has 1 aliphatic heterocycles. The van der Waals surface area contributed by atoms with Crippen LogP contribution in [0.25, 0.3) is 0 Å². The minimum atomic E-state index is -0.0287. The average Bonchev–Trinajstić information content (AvgIpc) is 2.40. The predicted molar refractivity (Wildman–Crippen MR) is 70.5 cm³/mol. The second-order valence-corrected chi connectivity index (χ2v) is 4.86. The number of rotatable bonds is 4. The first-order chi connectivity index (χ1) is 8.74. The van der Waals surface area contributed by atoms with Crippen LogP contribution < -0.4 is 10.6 Å². The van der Waals surface area contributed by atoms with E-state index >= 15 is 0 Å². The van der Waals surface area contributed by atoms with Crippen LogP contribution in [0.15, 0.2) is 12.1 Å². The Bertz CT molecular complexity index is 390. The topological polar surface area (TPSA) is 66.9 Å². The Balaban J connectivity index is 1.73. The van der Waals surface area contributed by atoms with Crippen LogP contribution in [-0.4, -0.2) is 28.7 Å². The maximum absolute atomic E-state index is 11.7. The summed E-state index contributed by atoms with van der Waals surface area (Å²) in [7, 11) is 0. The molecule has 1 fully saturated rings. The quantitative estimate of drug-likeness (QED) is 0.876. The van der Waals surface area contributed by atoms with E-state index in [9.17, 15) is 4.79 Å². The number of piperidine rings is 1. The number of aromatic nitrogens is 2. The van der Waals surface area contributed by atoms with E-state index in [1.165, 1.54) is 12.8 Å². The molecule has 98 valence electrons. The normalized spacial score (nSPS) is 19.5. The van der Waals surface area contributed by atoms with Gasteiger partial charge in [-0.3, -0.25) is 4.79 Å². The number of hydrogen-bond acceptors (Lipinski definition) is 4. The molecule has 1 atom stereocenters. The van der Waals surface area contributed by atoms with Gasteiger partial charge >= 0.3 is 0 Å². The molecular weight excluding hydrogens is 252 g/mol. The van der Waals surface area contributed by atoms with E-state index in [1.807, 2.05) is 0 Å². The lowest BCUT2D eigenvalue weighted by Gasteiger charge is -2.22. The van der Waals surface area contributed by atoms with Crippen molar-refractivity contribution in [3.05, 3.63) is 17.3 Å². The predicted octanol–water partition coefficient (Wildman–Crippen LogP) is 1.99. The Morgan fingerprint density at radius 3 is 3.00 bits per heavy atom. The highest BCUT2D eigenvalue weighted by Gasteiger charge is 2.14. The highest BCUT2D eigenvalue weighted by atomic mass is 35.5. The van der Waals surface area contributed by atoms with Crippen molar-refractivity contribution in [2.24, 2.45) is 0 Å². The van der Waals surface area contributed by atoms with E-state index in [0.717, 1.165) is 19.4 Å². The number of carbonyl (C=O) groups is 1. The van der Waals surface area contributed by atoms with Crippen LogP contribution in [0.3, 0.4) is 0 Å². The van der Waals surface area contributed by atoms with Crippen LogP contribution in [0.2, 0.25) is 5.15 Å². The van der Waals surface area contributed by atoms with E-state index < -0.39 is 0 Å². The maximum atomic E-state index is 11.7. The second-order valence-electron chi connectivity index (χ2n) is 4.47. The first-order valence-electron chi connectivity index (χ1n) is 6.26. The third kappa shape index (κ3) is 4.23. The lowest BCUT2D eigenvalue weighted by atomic mass is 10.0. The van der Waals surface area contributed by atoms with Crippen molar-refractivity contribution in [2.45, 2.75) is 38.1 Å². The zero-order valence-corrected chi connectivity index (χ0v) is 10.9. The summed E-state index contributed by atoms with van der Waals surface area (Å²) in [6.45, 7) is 1.06. The summed E-state index contributed by atoms with van der Waals surface area (Å²) < 4.78 is 0. The Kier molecular flexibility index (Phi) is 4.90. The number of hydrogen-bond donors (Lipinski definition) is 2. The van der Waals surface area contributed by atoms with Gasteiger partial charge in [-0.15, -0.1) is 10.2 Å². The zero-order valence-electron chi connectivity index (χ0n) is 10.2. The molecule has 1 aromatic heterocycles. The molecule has 2 N–H and O–H groups in total. The van der Waals surface area contributed by atoms with Crippen molar-refractivity contribution in [1.82, 2.24) is 15.5 Å². The first-order valence-corrected chi connectivity index (χ1v) is 6.64. The summed E-state index contributed by atoms with van der Waals surface area (Å²) in [6.07, 6.45) is 5.02. The van der Waals surface area contributed by atoms with E-state index in [4.69, 9.17) is 11.6 Å².